The Morgan fingerprint density at radius 2 is 2.00 bits per heavy atom. The molecule has 0 aliphatic carbocycles. The molecule has 7 heteroatoms. The minimum absolute atomic E-state index is 0.131. The van der Waals surface area contributed by atoms with E-state index in [0.717, 1.165) is 11.8 Å². The number of carboxylic acids is 1. The van der Waals surface area contributed by atoms with Crippen molar-refractivity contribution in [2.75, 3.05) is 0 Å². The minimum atomic E-state index is -1.12. The van der Waals surface area contributed by atoms with E-state index < -0.39 is 16.8 Å². The van der Waals surface area contributed by atoms with Crippen molar-refractivity contribution in [1.29, 1.82) is 0 Å². The first-order chi connectivity index (χ1) is 10.0. The predicted octanol–water partition coefficient (Wildman–Crippen LogP) is 3.16. The largest absolute Gasteiger partial charge is 0.481 e. The van der Waals surface area contributed by atoms with Crippen LogP contribution >= 0.6 is 15.9 Å². The topological polar surface area (TPSA) is 93.3 Å². The van der Waals surface area contributed by atoms with E-state index in [1.807, 2.05) is 6.07 Å². The van der Waals surface area contributed by atoms with Crippen molar-refractivity contribution in [3.63, 3.8) is 0 Å². The Morgan fingerprint density at radius 3 is 2.57 bits per heavy atom. The van der Waals surface area contributed by atoms with Crippen molar-refractivity contribution >= 4 is 27.6 Å². The maximum Gasteiger partial charge on any atom is 0.311 e. The van der Waals surface area contributed by atoms with E-state index in [2.05, 4.69) is 20.9 Å². The van der Waals surface area contributed by atoms with Crippen molar-refractivity contribution in [3.05, 3.63) is 68.4 Å². The van der Waals surface area contributed by atoms with Gasteiger partial charge in [-0.3, -0.25) is 19.9 Å². The Morgan fingerprint density at radius 1 is 1.33 bits per heavy atom. The molecule has 1 N–H and O–H groups in total. The summed E-state index contributed by atoms with van der Waals surface area (Å²) >= 11 is 3.17. The lowest BCUT2D eigenvalue weighted by Gasteiger charge is -2.14. The van der Waals surface area contributed by atoms with Crippen LogP contribution in [-0.2, 0) is 11.2 Å². The van der Waals surface area contributed by atoms with Crippen LogP contribution in [0.5, 0.6) is 0 Å². The fraction of sp³-hybridized carbons (Fsp3) is 0.143. The van der Waals surface area contributed by atoms with Crippen molar-refractivity contribution < 1.29 is 14.8 Å². The third-order valence-corrected chi connectivity index (χ3v) is 3.68. The number of halogens is 1. The molecule has 0 bridgehead atoms. The number of hydrogen-bond acceptors (Lipinski definition) is 4. The minimum Gasteiger partial charge on any atom is -0.481 e. The molecule has 6 nitrogen and oxygen atoms in total. The molecule has 1 heterocycles. The lowest BCUT2D eigenvalue weighted by Crippen LogP contribution is -2.17. The van der Waals surface area contributed by atoms with Crippen LogP contribution < -0.4 is 0 Å². The Kier molecular flexibility index (Phi) is 4.64. The van der Waals surface area contributed by atoms with Gasteiger partial charge in [0.05, 0.1) is 16.4 Å². The van der Waals surface area contributed by atoms with Crippen LogP contribution in [0.4, 0.5) is 5.69 Å². The van der Waals surface area contributed by atoms with E-state index >= 15 is 0 Å². The number of benzene rings is 1. The van der Waals surface area contributed by atoms with E-state index in [-0.39, 0.29) is 17.7 Å². The van der Waals surface area contributed by atoms with Gasteiger partial charge in [-0.1, -0.05) is 30.3 Å². The standard InChI is InChI=1S/C14H11BrN2O4/c15-11-7-16-8-12(17(20)21)13(11)10(14(18)19)6-9-4-2-1-3-5-9/h1-5,7-8,10H,6H2,(H,18,19). The summed E-state index contributed by atoms with van der Waals surface area (Å²) in [7, 11) is 0. The molecule has 0 aliphatic heterocycles. The lowest BCUT2D eigenvalue weighted by atomic mass is 9.91. The summed E-state index contributed by atoms with van der Waals surface area (Å²) in [5, 5.41) is 20.6. The second kappa shape index (κ2) is 6.45. The van der Waals surface area contributed by atoms with E-state index in [4.69, 9.17) is 0 Å². The van der Waals surface area contributed by atoms with Crippen LogP contribution in [0.3, 0.4) is 0 Å². The zero-order valence-electron chi connectivity index (χ0n) is 10.8. The predicted molar refractivity (Wildman–Crippen MR) is 79.1 cm³/mol. The molecule has 21 heavy (non-hydrogen) atoms. The highest BCUT2D eigenvalue weighted by Gasteiger charge is 2.30. The van der Waals surface area contributed by atoms with Gasteiger partial charge in [0.25, 0.3) is 5.69 Å². The Bertz CT molecular complexity index is 676. The average Bonchev–Trinajstić information content (AvgIpc) is 2.45. The molecule has 2 aromatic rings. The van der Waals surface area contributed by atoms with E-state index in [9.17, 15) is 20.0 Å². The summed E-state index contributed by atoms with van der Waals surface area (Å²) in [6.45, 7) is 0. The number of hydrogen-bond donors (Lipinski definition) is 1. The molecule has 1 aromatic heterocycles. The third kappa shape index (κ3) is 3.43. The Balaban J connectivity index is 2.49. The number of nitro groups is 1. The molecule has 0 saturated heterocycles. The molecule has 108 valence electrons. The summed E-state index contributed by atoms with van der Waals surface area (Å²) in [4.78, 5) is 25.8. The summed E-state index contributed by atoms with van der Waals surface area (Å²) < 4.78 is 0.319. The number of pyridine rings is 1. The molecular weight excluding hydrogens is 340 g/mol. The van der Waals surface area contributed by atoms with Crippen molar-refractivity contribution in [1.82, 2.24) is 4.98 Å². The smallest absolute Gasteiger partial charge is 0.311 e. The quantitative estimate of drug-likeness (QED) is 0.660. The number of aliphatic carboxylic acids is 1. The highest BCUT2D eigenvalue weighted by molar-refractivity contribution is 9.10. The highest BCUT2D eigenvalue weighted by atomic mass is 79.9. The Labute approximate surface area is 128 Å². The van der Waals surface area contributed by atoms with Gasteiger partial charge >= 0.3 is 5.97 Å². The van der Waals surface area contributed by atoms with Gasteiger partial charge in [0.1, 0.15) is 6.20 Å². The molecule has 0 aliphatic rings. The molecule has 0 amide bonds. The first-order valence-electron chi connectivity index (χ1n) is 6.05. The zero-order chi connectivity index (χ0) is 15.4. The first-order valence-corrected chi connectivity index (χ1v) is 6.84. The van der Waals surface area contributed by atoms with E-state index in [1.165, 1.54) is 6.20 Å². The molecule has 0 fully saturated rings. The molecule has 0 saturated carbocycles. The van der Waals surface area contributed by atoms with Gasteiger partial charge in [0.15, 0.2) is 0 Å². The normalized spacial score (nSPS) is 11.9. The fourth-order valence-corrected chi connectivity index (χ4v) is 2.69. The monoisotopic (exact) mass is 350 g/mol. The van der Waals surface area contributed by atoms with E-state index in [0.29, 0.717) is 4.47 Å². The van der Waals surface area contributed by atoms with Crippen LogP contribution in [0.25, 0.3) is 0 Å². The van der Waals surface area contributed by atoms with Gasteiger partial charge in [-0.25, -0.2) is 0 Å². The van der Waals surface area contributed by atoms with Gasteiger partial charge in [-0.2, -0.15) is 0 Å². The highest BCUT2D eigenvalue weighted by Crippen LogP contribution is 2.34. The summed E-state index contributed by atoms with van der Waals surface area (Å²) in [6.07, 6.45) is 2.60. The summed E-state index contributed by atoms with van der Waals surface area (Å²) in [5.74, 6) is -2.14. The van der Waals surface area contributed by atoms with Gasteiger partial charge in [0.2, 0.25) is 0 Å². The van der Waals surface area contributed by atoms with Crippen LogP contribution in [0.1, 0.15) is 17.0 Å². The molecule has 2 rings (SSSR count). The summed E-state index contributed by atoms with van der Waals surface area (Å²) in [6, 6.07) is 8.99. The fourth-order valence-electron chi connectivity index (χ4n) is 2.09. The second-order valence-corrected chi connectivity index (χ2v) is 5.25. The lowest BCUT2D eigenvalue weighted by molar-refractivity contribution is -0.386. The molecule has 1 unspecified atom stereocenters. The van der Waals surface area contributed by atoms with Crippen molar-refractivity contribution in [2.45, 2.75) is 12.3 Å². The molecule has 1 atom stereocenters. The van der Waals surface area contributed by atoms with Crippen molar-refractivity contribution in [3.8, 4) is 0 Å². The van der Waals surface area contributed by atoms with Gasteiger partial charge in [-0.15, -0.1) is 0 Å². The number of carboxylic acid groups (broad SMARTS) is 1. The van der Waals surface area contributed by atoms with Gasteiger partial charge < -0.3 is 5.11 Å². The Hall–Kier alpha value is -2.28. The molecule has 0 radical (unpaired) electrons. The van der Waals surface area contributed by atoms with Gasteiger partial charge in [0, 0.05) is 10.7 Å². The van der Waals surface area contributed by atoms with Crippen LogP contribution in [0, 0.1) is 10.1 Å². The number of carbonyl (C=O) groups is 1. The maximum absolute atomic E-state index is 11.6. The number of nitrogens with zero attached hydrogens (tertiary/aromatic N) is 2. The zero-order valence-corrected chi connectivity index (χ0v) is 12.4. The summed E-state index contributed by atoms with van der Waals surface area (Å²) in [5.41, 5.74) is 0.627. The van der Waals surface area contributed by atoms with Crippen molar-refractivity contribution in [2.24, 2.45) is 0 Å². The van der Waals surface area contributed by atoms with Crippen LogP contribution in [-0.4, -0.2) is 21.0 Å². The molecule has 1 aromatic carbocycles. The number of aromatic nitrogens is 1. The van der Waals surface area contributed by atoms with Gasteiger partial charge in [-0.05, 0) is 27.9 Å². The first kappa shape index (κ1) is 15.1. The average molecular weight is 351 g/mol. The van der Waals surface area contributed by atoms with Crippen LogP contribution in [0.15, 0.2) is 47.2 Å². The second-order valence-electron chi connectivity index (χ2n) is 4.39. The molecule has 0 spiro atoms. The number of rotatable bonds is 5. The molecular formula is C14H11BrN2O4. The third-order valence-electron chi connectivity index (χ3n) is 3.04. The van der Waals surface area contributed by atoms with Crippen LogP contribution in [0.2, 0.25) is 0 Å². The maximum atomic E-state index is 11.6. The van der Waals surface area contributed by atoms with E-state index in [1.54, 1.807) is 24.3 Å². The SMILES string of the molecule is O=C(O)C(Cc1ccccc1)c1c(Br)cncc1[N+](=O)[O-].